The first-order valence-corrected chi connectivity index (χ1v) is 11.8. The van der Waals surface area contributed by atoms with Crippen LogP contribution in [0.5, 0.6) is 11.5 Å². The van der Waals surface area contributed by atoms with Crippen molar-refractivity contribution in [1.82, 2.24) is 0 Å². The van der Waals surface area contributed by atoms with Gasteiger partial charge in [-0.25, -0.2) is 8.78 Å². The molecular weight excluding hydrogens is 504 g/mol. The number of nitrogens with zero attached hydrogens (tertiary/aromatic N) is 1. The monoisotopic (exact) mass is 527 g/mol. The summed E-state index contributed by atoms with van der Waals surface area (Å²) >= 11 is 6.12. The number of phenols is 1. The fraction of sp³-hybridized carbons (Fsp3) is 0.214. The number of methoxy groups -OCH3 is 1. The molecule has 1 amide bonds. The zero-order valence-electron chi connectivity index (χ0n) is 20.5. The third kappa shape index (κ3) is 4.53. The number of hydrogen-bond donors (Lipinski definition) is 2. The standard InChI is InChI=1S/C28H24ClF2NO5/c1-13(2)17-12-18(14(3)9-23(17)37-4)26(34)24-25(15-5-8-22(33)19(29)10-15)32(28(36)27(24)35)16-6-7-20(30)21(31)11-16/h5-13,25,33-34H,1-4H3/b26-24+. The van der Waals surface area contributed by atoms with Gasteiger partial charge in [0, 0.05) is 17.3 Å². The van der Waals surface area contributed by atoms with E-state index in [2.05, 4.69) is 0 Å². The van der Waals surface area contributed by atoms with Crippen molar-refractivity contribution in [3.05, 3.63) is 93.0 Å². The number of phenolic OH excluding ortho intramolecular Hbond substituents is 1. The number of aliphatic hydroxyl groups excluding tert-OH is 1. The first-order chi connectivity index (χ1) is 17.5. The number of aromatic hydroxyl groups is 1. The van der Waals surface area contributed by atoms with Crippen molar-refractivity contribution in [2.24, 2.45) is 0 Å². The molecule has 0 aromatic heterocycles. The van der Waals surface area contributed by atoms with Crippen LogP contribution in [0.1, 0.15) is 48.1 Å². The smallest absolute Gasteiger partial charge is 0.300 e. The van der Waals surface area contributed by atoms with Gasteiger partial charge in [0.2, 0.25) is 0 Å². The summed E-state index contributed by atoms with van der Waals surface area (Å²) in [4.78, 5) is 27.6. The number of hydrogen-bond acceptors (Lipinski definition) is 5. The first kappa shape index (κ1) is 26.2. The number of carbonyl (C=O) groups excluding carboxylic acids is 2. The number of anilines is 1. The van der Waals surface area contributed by atoms with Crippen molar-refractivity contribution < 1.29 is 33.3 Å². The number of ketones is 1. The van der Waals surface area contributed by atoms with E-state index in [1.807, 2.05) is 13.8 Å². The maximum Gasteiger partial charge on any atom is 0.300 e. The van der Waals surface area contributed by atoms with Crippen LogP contribution in [0.15, 0.2) is 54.1 Å². The van der Waals surface area contributed by atoms with Gasteiger partial charge in [-0.2, -0.15) is 0 Å². The minimum Gasteiger partial charge on any atom is -0.507 e. The number of amides is 1. The molecule has 6 nitrogen and oxygen atoms in total. The molecule has 2 N–H and O–H groups in total. The molecule has 0 saturated carbocycles. The van der Waals surface area contributed by atoms with Gasteiger partial charge in [-0.1, -0.05) is 31.5 Å². The van der Waals surface area contributed by atoms with Crippen LogP contribution in [0.3, 0.4) is 0 Å². The van der Waals surface area contributed by atoms with Crippen LogP contribution in [0.2, 0.25) is 5.02 Å². The van der Waals surface area contributed by atoms with Crippen molar-refractivity contribution in [3.63, 3.8) is 0 Å². The molecule has 1 saturated heterocycles. The lowest BCUT2D eigenvalue weighted by Crippen LogP contribution is -2.29. The predicted molar refractivity (Wildman–Crippen MR) is 136 cm³/mol. The highest BCUT2D eigenvalue weighted by atomic mass is 35.5. The Bertz CT molecular complexity index is 1470. The Labute approximate surface area is 217 Å². The number of aryl methyl sites for hydroxylation is 1. The Morgan fingerprint density at radius 2 is 1.76 bits per heavy atom. The quantitative estimate of drug-likeness (QED) is 0.228. The van der Waals surface area contributed by atoms with E-state index in [9.17, 15) is 28.6 Å². The molecule has 0 bridgehead atoms. The fourth-order valence-electron chi connectivity index (χ4n) is 4.47. The summed E-state index contributed by atoms with van der Waals surface area (Å²) in [7, 11) is 1.53. The van der Waals surface area contributed by atoms with Crippen molar-refractivity contribution in [3.8, 4) is 11.5 Å². The largest absolute Gasteiger partial charge is 0.507 e. The number of halogens is 3. The highest BCUT2D eigenvalue weighted by Crippen LogP contribution is 2.44. The van der Waals surface area contributed by atoms with Gasteiger partial charge in [0.1, 0.15) is 17.3 Å². The second kappa shape index (κ2) is 9.86. The highest BCUT2D eigenvalue weighted by molar-refractivity contribution is 6.51. The molecule has 3 aromatic rings. The van der Waals surface area contributed by atoms with Crippen molar-refractivity contribution in [2.75, 3.05) is 12.0 Å². The number of ether oxygens (including phenoxy) is 1. The van der Waals surface area contributed by atoms with Gasteiger partial charge in [0.05, 0.1) is 23.7 Å². The first-order valence-electron chi connectivity index (χ1n) is 11.4. The number of aliphatic hydroxyl groups is 1. The topological polar surface area (TPSA) is 87.1 Å². The molecule has 1 heterocycles. The molecule has 1 unspecified atom stereocenters. The van der Waals surface area contributed by atoms with E-state index in [1.54, 1.807) is 19.1 Å². The molecule has 1 aliphatic rings. The lowest BCUT2D eigenvalue weighted by atomic mass is 9.91. The zero-order chi connectivity index (χ0) is 27.2. The molecule has 1 aliphatic heterocycles. The Morgan fingerprint density at radius 3 is 2.35 bits per heavy atom. The van der Waals surface area contributed by atoms with Crippen LogP contribution in [0.4, 0.5) is 14.5 Å². The van der Waals surface area contributed by atoms with E-state index in [-0.39, 0.29) is 33.5 Å². The van der Waals surface area contributed by atoms with Gasteiger partial charge in [0.25, 0.3) is 11.7 Å². The maximum absolute atomic E-state index is 14.1. The molecule has 1 atom stereocenters. The van der Waals surface area contributed by atoms with Gasteiger partial charge < -0.3 is 14.9 Å². The van der Waals surface area contributed by atoms with Gasteiger partial charge in [0.15, 0.2) is 11.6 Å². The van der Waals surface area contributed by atoms with Gasteiger partial charge in [-0.3, -0.25) is 14.5 Å². The van der Waals surface area contributed by atoms with Crippen molar-refractivity contribution in [2.45, 2.75) is 32.7 Å². The molecule has 0 aliphatic carbocycles. The van der Waals surface area contributed by atoms with Crippen LogP contribution in [-0.2, 0) is 9.59 Å². The lowest BCUT2D eigenvalue weighted by molar-refractivity contribution is -0.132. The normalized spacial score (nSPS) is 17.1. The number of rotatable bonds is 5. The summed E-state index contributed by atoms with van der Waals surface area (Å²) < 4.78 is 33.3. The van der Waals surface area contributed by atoms with Crippen LogP contribution >= 0.6 is 11.6 Å². The van der Waals surface area contributed by atoms with Crippen molar-refractivity contribution in [1.29, 1.82) is 0 Å². The van der Waals surface area contributed by atoms with E-state index in [1.165, 1.54) is 25.3 Å². The molecular formula is C28H24ClF2NO5. The second-order valence-corrected chi connectivity index (χ2v) is 9.45. The number of carbonyl (C=O) groups is 2. The maximum atomic E-state index is 14.1. The SMILES string of the molecule is COc1cc(C)c(/C(O)=C2\C(=O)C(=O)N(c3ccc(F)c(F)c3)C2c2ccc(O)c(Cl)c2)cc1C(C)C. The zero-order valence-corrected chi connectivity index (χ0v) is 21.2. The van der Waals surface area contributed by atoms with Crippen molar-refractivity contribution >= 4 is 34.7 Å². The van der Waals surface area contributed by atoms with Crippen LogP contribution in [0, 0.1) is 18.6 Å². The molecule has 37 heavy (non-hydrogen) atoms. The minimum absolute atomic E-state index is 0.0124. The minimum atomic E-state index is -1.24. The molecule has 9 heteroatoms. The van der Waals surface area contributed by atoms with E-state index in [4.69, 9.17) is 16.3 Å². The van der Waals surface area contributed by atoms with E-state index < -0.39 is 35.1 Å². The van der Waals surface area contributed by atoms with Crippen LogP contribution < -0.4 is 9.64 Å². The lowest BCUT2D eigenvalue weighted by Gasteiger charge is -2.26. The van der Waals surface area contributed by atoms with Gasteiger partial charge >= 0.3 is 0 Å². The molecule has 4 rings (SSSR count). The van der Waals surface area contributed by atoms with Gasteiger partial charge in [-0.15, -0.1) is 0 Å². The van der Waals surface area contributed by atoms with Crippen LogP contribution in [-0.4, -0.2) is 29.0 Å². The van der Waals surface area contributed by atoms with Crippen LogP contribution in [0.25, 0.3) is 5.76 Å². The Morgan fingerprint density at radius 1 is 1.05 bits per heavy atom. The number of benzene rings is 3. The average Bonchev–Trinajstić information content (AvgIpc) is 3.12. The fourth-order valence-corrected chi connectivity index (χ4v) is 4.66. The summed E-state index contributed by atoms with van der Waals surface area (Å²) in [6.07, 6.45) is 0. The van der Waals surface area contributed by atoms with E-state index >= 15 is 0 Å². The highest BCUT2D eigenvalue weighted by Gasteiger charge is 2.47. The summed E-state index contributed by atoms with van der Waals surface area (Å²) in [6.45, 7) is 5.61. The summed E-state index contributed by atoms with van der Waals surface area (Å²) in [6, 6.07) is 9.02. The third-order valence-corrected chi connectivity index (χ3v) is 6.67. The molecule has 0 spiro atoms. The Kier molecular flexibility index (Phi) is 6.97. The summed E-state index contributed by atoms with van der Waals surface area (Å²) in [5.74, 6) is -4.46. The Hall–Kier alpha value is -3.91. The van der Waals surface area contributed by atoms with Gasteiger partial charge in [-0.05, 0) is 65.9 Å². The molecule has 1 fully saturated rings. The third-order valence-electron chi connectivity index (χ3n) is 6.37. The second-order valence-electron chi connectivity index (χ2n) is 9.04. The predicted octanol–water partition coefficient (Wildman–Crippen LogP) is 6.39. The average molecular weight is 528 g/mol. The Balaban J connectivity index is 2.01. The van der Waals surface area contributed by atoms with E-state index in [0.29, 0.717) is 16.9 Å². The summed E-state index contributed by atoms with van der Waals surface area (Å²) in [5.41, 5.74) is 1.57. The van der Waals surface area contributed by atoms with E-state index in [0.717, 1.165) is 28.7 Å². The molecule has 192 valence electrons. The number of Topliss-reactive ketones (excluding diaryl/α,β-unsaturated/α-hetero) is 1. The summed E-state index contributed by atoms with van der Waals surface area (Å²) in [5, 5.41) is 21.4. The molecule has 0 radical (unpaired) electrons. The molecule has 3 aromatic carbocycles.